The molecular formula is C13H23N3O3S. The molecule has 0 spiro atoms. The number of rotatable bonds is 5. The zero-order valence-electron chi connectivity index (χ0n) is 12.3. The quantitative estimate of drug-likeness (QED) is 0.819. The Morgan fingerprint density at radius 1 is 1.45 bits per heavy atom. The van der Waals surface area contributed by atoms with Gasteiger partial charge in [0, 0.05) is 26.4 Å². The molecule has 1 saturated heterocycles. The molecule has 1 aromatic heterocycles. The van der Waals surface area contributed by atoms with E-state index in [1.54, 1.807) is 11.2 Å². The molecule has 0 aliphatic carbocycles. The van der Waals surface area contributed by atoms with E-state index in [4.69, 9.17) is 4.74 Å². The Labute approximate surface area is 120 Å². The zero-order valence-corrected chi connectivity index (χ0v) is 13.1. The van der Waals surface area contributed by atoms with E-state index in [-0.39, 0.29) is 6.61 Å². The number of aryl methyl sites for hydroxylation is 1. The lowest BCUT2D eigenvalue weighted by molar-refractivity contribution is 0.195. The number of hydrogen-bond donors (Lipinski definition) is 0. The Bertz CT molecular complexity index is 533. The summed E-state index contributed by atoms with van der Waals surface area (Å²) < 4.78 is 33.2. The molecule has 7 heteroatoms. The maximum absolute atomic E-state index is 12.3. The number of nitrogens with zero attached hydrogens (tertiary/aromatic N) is 3. The fourth-order valence-electron chi connectivity index (χ4n) is 2.57. The van der Waals surface area contributed by atoms with Gasteiger partial charge in [-0.2, -0.15) is 5.10 Å². The Balaban J connectivity index is 1.97. The van der Waals surface area contributed by atoms with Crippen LogP contribution >= 0.6 is 0 Å². The van der Waals surface area contributed by atoms with Crippen molar-refractivity contribution in [3.8, 4) is 0 Å². The van der Waals surface area contributed by atoms with Gasteiger partial charge in [-0.15, -0.1) is 0 Å². The highest BCUT2D eigenvalue weighted by atomic mass is 32.2. The summed E-state index contributed by atoms with van der Waals surface area (Å²) >= 11 is 0. The number of methoxy groups -OCH3 is 1. The first-order chi connectivity index (χ1) is 9.45. The van der Waals surface area contributed by atoms with Crippen LogP contribution in [0.5, 0.6) is 0 Å². The standard InChI is InChI=1S/C13H23N3O3S/c1-11-8-14-16(9-11)13-4-6-15(7-5-13)20(17,18)12(2)10-19-3/h8-9,12-13H,4-7,10H2,1-3H3. The van der Waals surface area contributed by atoms with Crippen molar-refractivity contribution in [3.05, 3.63) is 18.0 Å². The average molecular weight is 301 g/mol. The normalized spacial score (nSPS) is 20.1. The van der Waals surface area contributed by atoms with E-state index in [2.05, 4.69) is 5.10 Å². The first kappa shape index (κ1) is 15.5. The molecule has 0 bridgehead atoms. The summed E-state index contributed by atoms with van der Waals surface area (Å²) in [5, 5.41) is 3.83. The molecule has 1 unspecified atom stereocenters. The number of ether oxygens (including phenoxy) is 1. The summed E-state index contributed by atoms with van der Waals surface area (Å²) in [7, 11) is -1.72. The maximum atomic E-state index is 12.3. The molecular weight excluding hydrogens is 278 g/mol. The summed E-state index contributed by atoms with van der Waals surface area (Å²) in [5.74, 6) is 0. The highest BCUT2D eigenvalue weighted by molar-refractivity contribution is 7.89. The molecule has 0 amide bonds. The average Bonchev–Trinajstić information content (AvgIpc) is 2.86. The number of aromatic nitrogens is 2. The highest BCUT2D eigenvalue weighted by Crippen LogP contribution is 2.25. The van der Waals surface area contributed by atoms with Gasteiger partial charge < -0.3 is 4.74 Å². The minimum absolute atomic E-state index is 0.237. The topological polar surface area (TPSA) is 64.4 Å². The van der Waals surface area contributed by atoms with Gasteiger partial charge in [0.2, 0.25) is 10.0 Å². The van der Waals surface area contributed by atoms with E-state index in [0.29, 0.717) is 19.1 Å². The smallest absolute Gasteiger partial charge is 0.218 e. The summed E-state index contributed by atoms with van der Waals surface area (Å²) in [6.45, 7) is 5.05. The van der Waals surface area contributed by atoms with Crippen LogP contribution in [0.3, 0.4) is 0 Å². The van der Waals surface area contributed by atoms with Crippen molar-refractivity contribution in [2.75, 3.05) is 26.8 Å². The van der Waals surface area contributed by atoms with E-state index in [1.807, 2.05) is 24.0 Å². The zero-order chi connectivity index (χ0) is 14.8. The first-order valence-corrected chi connectivity index (χ1v) is 8.44. The summed E-state index contributed by atoms with van der Waals surface area (Å²) in [6.07, 6.45) is 5.46. The van der Waals surface area contributed by atoms with Gasteiger partial charge in [-0.25, -0.2) is 12.7 Å². The second-order valence-electron chi connectivity index (χ2n) is 5.44. The van der Waals surface area contributed by atoms with Crippen LogP contribution in [0.25, 0.3) is 0 Å². The van der Waals surface area contributed by atoms with E-state index in [1.165, 1.54) is 7.11 Å². The van der Waals surface area contributed by atoms with Crippen LogP contribution in [0.2, 0.25) is 0 Å². The minimum Gasteiger partial charge on any atom is -0.383 e. The van der Waals surface area contributed by atoms with E-state index in [9.17, 15) is 8.42 Å². The van der Waals surface area contributed by atoms with Gasteiger partial charge in [-0.05, 0) is 32.3 Å². The van der Waals surface area contributed by atoms with E-state index in [0.717, 1.165) is 18.4 Å². The molecule has 20 heavy (non-hydrogen) atoms. The van der Waals surface area contributed by atoms with Crippen LogP contribution in [-0.2, 0) is 14.8 Å². The van der Waals surface area contributed by atoms with Crippen LogP contribution in [-0.4, -0.2) is 54.6 Å². The first-order valence-electron chi connectivity index (χ1n) is 6.94. The third-order valence-electron chi connectivity index (χ3n) is 3.80. The Morgan fingerprint density at radius 3 is 2.60 bits per heavy atom. The van der Waals surface area contributed by atoms with E-state index >= 15 is 0 Å². The van der Waals surface area contributed by atoms with Crippen molar-refractivity contribution in [2.45, 2.75) is 38.0 Å². The molecule has 1 aliphatic heterocycles. The summed E-state index contributed by atoms with van der Waals surface area (Å²) in [6, 6.07) is 0.299. The molecule has 1 fully saturated rings. The van der Waals surface area contributed by atoms with Gasteiger partial charge in [-0.1, -0.05) is 0 Å². The molecule has 0 aromatic carbocycles. The van der Waals surface area contributed by atoms with Crippen molar-refractivity contribution in [1.29, 1.82) is 0 Å². The minimum atomic E-state index is -3.25. The Morgan fingerprint density at radius 2 is 2.10 bits per heavy atom. The Hall–Kier alpha value is -0.920. The van der Waals surface area contributed by atoms with Crippen molar-refractivity contribution in [3.63, 3.8) is 0 Å². The molecule has 1 aromatic rings. The van der Waals surface area contributed by atoms with Gasteiger partial charge in [-0.3, -0.25) is 4.68 Å². The fraction of sp³-hybridized carbons (Fsp3) is 0.769. The third kappa shape index (κ3) is 3.21. The second-order valence-corrected chi connectivity index (χ2v) is 7.79. The van der Waals surface area contributed by atoms with E-state index < -0.39 is 15.3 Å². The maximum Gasteiger partial charge on any atom is 0.218 e. The number of hydrogen-bond acceptors (Lipinski definition) is 4. The lowest BCUT2D eigenvalue weighted by atomic mass is 10.1. The monoisotopic (exact) mass is 301 g/mol. The fourth-order valence-corrected chi connectivity index (χ4v) is 4.11. The molecule has 0 saturated carbocycles. The number of piperidine rings is 1. The van der Waals surface area contributed by atoms with Crippen LogP contribution in [0, 0.1) is 6.92 Å². The SMILES string of the molecule is COCC(C)S(=O)(=O)N1CCC(n2cc(C)cn2)CC1. The molecule has 2 heterocycles. The predicted molar refractivity (Wildman–Crippen MR) is 77.1 cm³/mol. The highest BCUT2D eigenvalue weighted by Gasteiger charge is 2.32. The Kier molecular flexibility index (Phi) is 4.82. The van der Waals surface area contributed by atoms with Crippen molar-refractivity contribution < 1.29 is 13.2 Å². The van der Waals surface area contributed by atoms with Crippen LogP contribution in [0.4, 0.5) is 0 Å². The molecule has 1 aliphatic rings. The molecule has 0 radical (unpaired) electrons. The predicted octanol–water partition coefficient (Wildman–Crippen LogP) is 1.19. The molecule has 114 valence electrons. The molecule has 6 nitrogen and oxygen atoms in total. The van der Waals surface area contributed by atoms with Gasteiger partial charge in [0.1, 0.15) is 0 Å². The van der Waals surface area contributed by atoms with Crippen molar-refractivity contribution in [2.24, 2.45) is 0 Å². The third-order valence-corrected chi connectivity index (χ3v) is 6.04. The van der Waals surface area contributed by atoms with Crippen LogP contribution in [0.1, 0.15) is 31.4 Å². The van der Waals surface area contributed by atoms with Crippen LogP contribution in [0.15, 0.2) is 12.4 Å². The summed E-state index contributed by atoms with van der Waals surface area (Å²) in [4.78, 5) is 0. The molecule has 2 rings (SSSR count). The molecule has 0 N–H and O–H groups in total. The van der Waals surface area contributed by atoms with Crippen molar-refractivity contribution >= 4 is 10.0 Å². The van der Waals surface area contributed by atoms with Gasteiger partial charge in [0.15, 0.2) is 0 Å². The van der Waals surface area contributed by atoms with Crippen LogP contribution < -0.4 is 0 Å². The van der Waals surface area contributed by atoms with Crippen molar-refractivity contribution in [1.82, 2.24) is 14.1 Å². The molecule has 1 atom stereocenters. The summed E-state index contributed by atoms with van der Waals surface area (Å²) in [5.41, 5.74) is 1.13. The van der Waals surface area contributed by atoms with Gasteiger partial charge in [0.25, 0.3) is 0 Å². The lowest BCUT2D eigenvalue weighted by Crippen LogP contribution is -2.44. The second kappa shape index (κ2) is 6.24. The largest absolute Gasteiger partial charge is 0.383 e. The van der Waals surface area contributed by atoms with Gasteiger partial charge in [0.05, 0.1) is 24.1 Å². The lowest BCUT2D eigenvalue weighted by Gasteiger charge is -2.32. The van der Waals surface area contributed by atoms with Gasteiger partial charge >= 0.3 is 0 Å². The number of sulfonamides is 1.